The van der Waals surface area contributed by atoms with Crippen molar-refractivity contribution < 1.29 is 25.2 Å². The summed E-state index contributed by atoms with van der Waals surface area (Å²) in [4.78, 5) is 0. The van der Waals surface area contributed by atoms with Crippen molar-refractivity contribution in [1.82, 2.24) is 0 Å². The molecular formula is C30H50O5. The maximum atomic E-state index is 10.7. The van der Waals surface area contributed by atoms with E-state index in [1.807, 2.05) is 13.8 Å². The Morgan fingerprint density at radius 2 is 1.94 bits per heavy atom. The molecular weight excluding hydrogens is 440 g/mol. The Kier molecular flexibility index (Phi) is 9.84. The summed E-state index contributed by atoms with van der Waals surface area (Å²) in [6.07, 6.45) is 12.1. The Hall–Kier alpha value is -0.980. The van der Waals surface area contributed by atoms with Gasteiger partial charge in [0.2, 0.25) is 0 Å². The molecule has 0 saturated heterocycles. The molecule has 0 heterocycles. The highest BCUT2D eigenvalue weighted by Crippen LogP contribution is 2.60. The van der Waals surface area contributed by atoms with Crippen LogP contribution in [0.15, 0.2) is 35.5 Å². The van der Waals surface area contributed by atoms with Crippen LogP contribution >= 0.6 is 0 Å². The van der Waals surface area contributed by atoms with Gasteiger partial charge in [-0.15, -0.1) is 0 Å². The molecule has 3 aliphatic rings. The predicted octanol–water partition coefficient (Wildman–Crippen LogP) is 5.08. The summed E-state index contributed by atoms with van der Waals surface area (Å²) in [7, 11) is 0. The lowest BCUT2D eigenvalue weighted by Crippen LogP contribution is -2.45. The van der Waals surface area contributed by atoms with E-state index in [-0.39, 0.29) is 6.61 Å². The molecule has 0 bridgehead atoms. The monoisotopic (exact) mass is 490 g/mol. The molecule has 0 aliphatic heterocycles. The lowest BCUT2D eigenvalue weighted by atomic mass is 9.60. The van der Waals surface area contributed by atoms with Crippen LogP contribution in [0.25, 0.3) is 0 Å². The van der Waals surface area contributed by atoms with E-state index < -0.39 is 23.9 Å². The second-order valence-corrected chi connectivity index (χ2v) is 12.4. The largest absolute Gasteiger partial charge is 0.396 e. The van der Waals surface area contributed by atoms with Crippen molar-refractivity contribution >= 4 is 0 Å². The fourth-order valence-electron chi connectivity index (χ4n) is 7.21. The van der Waals surface area contributed by atoms with Gasteiger partial charge in [-0.2, -0.15) is 0 Å². The van der Waals surface area contributed by atoms with Gasteiger partial charge in [0, 0.05) is 19.6 Å². The quantitative estimate of drug-likeness (QED) is 0.321. The number of hydrogen-bond acceptors (Lipinski definition) is 5. The van der Waals surface area contributed by atoms with Gasteiger partial charge in [0.1, 0.15) is 12.2 Å². The Morgan fingerprint density at radius 1 is 1.20 bits per heavy atom. The van der Waals surface area contributed by atoms with Gasteiger partial charge in [-0.1, -0.05) is 51.0 Å². The number of allylic oxidation sites excluding steroid dienone is 3. The number of hydrogen-bond donors (Lipinski definition) is 4. The first-order chi connectivity index (χ1) is 16.5. The summed E-state index contributed by atoms with van der Waals surface area (Å²) in [6.45, 7) is 13.2. The van der Waals surface area contributed by atoms with Crippen LogP contribution in [-0.4, -0.2) is 57.6 Å². The van der Waals surface area contributed by atoms with Gasteiger partial charge in [-0.05, 0) is 93.1 Å². The molecule has 3 rings (SSSR count). The van der Waals surface area contributed by atoms with Gasteiger partial charge >= 0.3 is 0 Å². The minimum atomic E-state index is -0.931. The highest BCUT2D eigenvalue weighted by atomic mass is 16.5. The van der Waals surface area contributed by atoms with Crippen molar-refractivity contribution in [3.8, 4) is 0 Å². The van der Waals surface area contributed by atoms with Crippen molar-refractivity contribution in [3.63, 3.8) is 0 Å². The first-order valence-electron chi connectivity index (χ1n) is 13.9. The van der Waals surface area contributed by atoms with Crippen LogP contribution in [0.2, 0.25) is 0 Å². The fraction of sp³-hybridized carbons (Fsp3) is 0.800. The van der Waals surface area contributed by atoms with E-state index in [0.29, 0.717) is 42.3 Å². The smallest absolute Gasteiger partial charge is 0.114 e. The molecule has 0 amide bonds. The number of aliphatic hydroxyl groups excluding tert-OH is 3. The summed E-state index contributed by atoms with van der Waals surface area (Å²) in [5, 5.41) is 40.4. The summed E-state index contributed by atoms with van der Waals surface area (Å²) in [5.41, 5.74) is 2.79. The molecule has 0 aromatic carbocycles. The van der Waals surface area contributed by atoms with Crippen molar-refractivity contribution in [3.05, 3.63) is 35.5 Å². The fourth-order valence-corrected chi connectivity index (χ4v) is 7.21. The molecule has 0 aromatic heterocycles. The van der Waals surface area contributed by atoms with E-state index in [2.05, 4.69) is 32.6 Å². The number of ether oxygens (including phenoxy) is 1. The Balaban J connectivity index is 1.67. The first-order valence-corrected chi connectivity index (χ1v) is 13.9. The van der Waals surface area contributed by atoms with Crippen LogP contribution in [0, 0.1) is 23.2 Å². The van der Waals surface area contributed by atoms with Crippen molar-refractivity contribution in [2.75, 3.05) is 13.2 Å². The van der Waals surface area contributed by atoms with E-state index in [0.717, 1.165) is 30.8 Å². The molecule has 3 fully saturated rings. The average Bonchev–Trinajstić information content (AvgIpc) is 3.14. The van der Waals surface area contributed by atoms with Crippen LogP contribution in [0.1, 0.15) is 91.9 Å². The van der Waals surface area contributed by atoms with Crippen LogP contribution in [0.4, 0.5) is 0 Å². The highest BCUT2D eigenvalue weighted by molar-refractivity contribution is 5.40. The van der Waals surface area contributed by atoms with Crippen LogP contribution in [-0.2, 0) is 4.74 Å². The normalized spacial score (nSPS) is 37.1. The third kappa shape index (κ3) is 6.87. The number of fused-ring (bicyclic) bond motifs is 1. The van der Waals surface area contributed by atoms with Gasteiger partial charge in [0.05, 0.1) is 11.7 Å². The van der Waals surface area contributed by atoms with Gasteiger partial charge in [0.15, 0.2) is 0 Å². The minimum Gasteiger partial charge on any atom is -0.396 e. The van der Waals surface area contributed by atoms with Crippen molar-refractivity contribution in [1.29, 1.82) is 0 Å². The molecule has 200 valence electrons. The summed E-state index contributed by atoms with van der Waals surface area (Å²) in [5.74, 6) is 1.98. The SMILES string of the molecule is C=C1C(=CC=C2CCC[C@@]3(C)C2CC[C@@H]3[C@H](C)CCCC(C)(C)O)C[C@@H](O)C(OCCCO)C1O. The molecule has 4 N–H and O–H groups in total. The van der Waals surface area contributed by atoms with Crippen LogP contribution in [0.5, 0.6) is 0 Å². The van der Waals surface area contributed by atoms with E-state index in [4.69, 9.17) is 9.84 Å². The molecule has 3 unspecified atom stereocenters. The molecule has 5 heteroatoms. The lowest BCUT2D eigenvalue weighted by Gasteiger charge is -2.44. The molecule has 3 aliphatic carbocycles. The zero-order valence-electron chi connectivity index (χ0n) is 22.5. The molecule has 7 atom stereocenters. The Bertz CT molecular complexity index is 778. The molecule has 0 aromatic rings. The maximum Gasteiger partial charge on any atom is 0.114 e. The second-order valence-electron chi connectivity index (χ2n) is 12.4. The molecule has 35 heavy (non-hydrogen) atoms. The van der Waals surface area contributed by atoms with Crippen molar-refractivity contribution in [2.24, 2.45) is 23.2 Å². The van der Waals surface area contributed by atoms with E-state index >= 15 is 0 Å². The molecule has 3 saturated carbocycles. The summed E-state index contributed by atoms with van der Waals surface area (Å²) < 4.78 is 5.63. The van der Waals surface area contributed by atoms with Gasteiger partial charge in [-0.3, -0.25) is 0 Å². The lowest BCUT2D eigenvalue weighted by molar-refractivity contribution is -0.0968. The van der Waals surface area contributed by atoms with Gasteiger partial charge < -0.3 is 25.2 Å². The average molecular weight is 491 g/mol. The maximum absolute atomic E-state index is 10.7. The van der Waals surface area contributed by atoms with E-state index in [1.165, 1.54) is 37.7 Å². The van der Waals surface area contributed by atoms with Crippen LogP contribution < -0.4 is 0 Å². The third-order valence-corrected chi connectivity index (χ3v) is 9.17. The second kappa shape index (κ2) is 12.0. The number of aliphatic hydroxyl groups is 4. The predicted molar refractivity (Wildman–Crippen MR) is 141 cm³/mol. The van der Waals surface area contributed by atoms with E-state index in [1.54, 1.807) is 0 Å². The standard InChI is InChI=1S/C30H50O5/c1-20(9-6-15-29(3,4)34)24-13-14-25-22(10-7-16-30(24,25)5)11-12-23-19-26(32)28(27(33)21(23)2)35-18-8-17-31/h11-12,20,24-28,31-34H,2,6-10,13-19H2,1,3-5H3/t20-,24-,25?,26-,27?,28?,30-/m1/s1. The highest BCUT2D eigenvalue weighted by Gasteiger charge is 2.50. The summed E-state index contributed by atoms with van der Waals surface area (Å²) in [6, 6.07) is 0. The van der Waals surface area contributed by atoms with Gasteiger partial charge in [-0.25, -0.2) is 0 Å². The topological polar surface area (TPSA) is 90.2 Å². The zero-order chi connectivity index (χ0) is 25.8. The van der Waals surface area contributed by atoms with Gasteiger partial charge in [0.25, 0.3) is 0 Å². The Labute approximate surface area is 213 Å². The molecule has 5 nitrogen and oxygen atoms in total. The third-order valence-electron chi connectivity index (χ3n) is 9.17. The zero-order valence-corrected chi connectivity index (χ0v) is 22.5. The van der Waals surface area contributed by atoms with E-state index in [9.17, 15) is 15.3 Å². The van der Waals surface area contributed by atoms with Crippen molar-refractivity contribution in [2.45, 2.75) is 116 Å². The van der Waals surface area contributed by atoms with Crippen LogP contribution in [0.3, 0.4) is 0 Å². The molecule has 0 spiro atoms. The molecule has 0 radical (unpaired) electrons. The number of rotatable bonds is 10. The Morgan fingerprint density at radius 3 is 2.63 bits per heavy atom. The summed E-state index contributed by atoms with van der Waals surface area (Å²) >= 11 is 0. The first kappa shape index (κ1) is 28.6. The minimum absolute atomic E-state index is 0.0269.